The number of carbonyl (C=O) groups is 2. The molecule has 1 saturated heterocycles. The summed E-state index contributed by atoms with van der Waals surface area (Å²) in [6, 6.07) is 0. The van der Waals surface area contributed by atoms with Crippen LogP contribution in [-0.4, -0.2) is 60.8 Å². The second-order valence-electron chi connectivity index (χ2n) is 4.02. The molecule has 0 aliphatic carbocycles. The van der Waals surface area contributed by atoms with Gasteiger partial charge in [-0.3, -0.25) is 9.59 Å². The van der Waals surface area contributed by atoms with Crippen molar-refractivity contribution in [3.8, 4) is 0 Å². The first-order valence-electron chi connectivity index (χ1n) is 5.95. The first kappa shape index (κ1) is 13.9. The Bertz CT molecular complexity index is 264. The summed E-state index contributed by atoms with van der Waals surface area (Å²) in [4.78, 5) is 23.9. The van der Waals surface area contributed by atoms with Crippen LogP contribution in [0.5, 0.6) is 0 Å². The topological polar surface area (TPSA) is 78.9 Å². The van der Waals surface area contributed by atoms with Gasteiger partial charge >= 0.3 is 5.97 Å². The summed E-state index contributed by atoms with van der Waals surface area (Å²) in [7, 11) is 0. The lowest BCUT2D eigenvalue weighted by molar-refractivity contribution is -0.139. The van der Waals surface area contributed by atoms with Crippen LogP contribution in [-0.2, 0) is 14.3 Å². The van der Waals surface area contributed by atoms with E-state index in [9.17, 15) is 9.59 Å². The van der Waals surface area contributed by atoms with E-state index in [1.54, 1.807) is 4.90 Å². The van der Waals surface area contributed by atoms with Gasteiger partial charge in [0.25, 0.3) is 0 Å². The van der Waals surface area contributed by atoms with E-state index >= 15 is 0 Å². The molecule has 1 rings (SSSR count). The van der Waals surface area contributed by atoms with Gasteiger partial charge in [0, 0.05) is 26.2 Å². The summed E-state index contributed by atoms with van der Waals surface area (Å²) in [6.45, 7) is 4.78. The Hall–Kier alpha value is -1.14. The number of hydrogen-bond acceptors (Lipinski definition) is 4. The van der Waals surface area contributed by atoms with E-state index in [1.165, 1.54) is 0 Å². The number of nitrogens with one attached hydrogen (secondary N) is 1. The van der Waals surface area contributed by atoms with Crippen molar-refractivity contribution in [2.24, 2.45) is 0 Å². The lowest BCUT2D eigenvalue weighted by atomic mass is 10.2. The Balaban J connectivity index is 2.34. The zero-order chi connectivity index (χ0) is 12.7. The summed E-state index contributed by atoms with van der Waals surface area (Å²) in [5.74, 6) is -0.922. The Kier molecular flexibility index (Phi) is 5.93. The number of morpholine rings is 1. The maximum atomic E-state index is 11.9. The first-order chi connectivity index (χ1) is 8.13. The Morgan fingerprint density at radius 3 is 2.82 bits per heavy atom. The molecule has 1 aliphatic heterocycles. The molecule has 0 saturated carbocycles. The van der Waals surface area contributed by atoms with Crippen molar-refractivity contribution in [3.05, 3.63) is 0 Å². The number of aliphatic carboxylic acids is 1. The van der Waals surface area contributed by atoms with Crippen molar-refractivity contribution in [1.82, 2.24) is 10.2 Å². The average molecular weight is 244 g/mol. The summed E-state index contributed by atoms with van der Waals surface area (Å²) in [5, 5.41) is 11.7. The third kappa shape index (κ3) is 5.14. The molecule has 2 N–H and O–H groups in total. The van der Waals surface area contributed by atoms with Crippen LogP contribution in [0, 0.1) is 0 Å². The molecule has 0 spiro atoms. The number of carbonyl (C=O) groups excluding carboxylic acids is 1. The second kappa shape index (κ2) is 7.24. The summed E-state index contributed by atoms with van der Waals surface area (Å²) in [5.41, 5.74) is 0. The van der Waals surface area contributed by atoms with Gasteiger partial charge in [0.1, 0.15) is 0 Å². The van der Waals surface area contributed by atoms with Crippen molar-refractivity contribution >= 4 is 11.9 Å². The number of hydrogen-bond donors (Lipinski definition) is 2. The van der Waals surface area contributed by atoms with Crippen LogP contribution in [0.4, 0.5) is 0 Å². The monoisotopic (exact) mass is 244 g/mol. The summed E-state index contributed by atoms with van der Waals surface area (Å²) in [6.07, 6.45) is 0.221. The van der Waals surface area contributed by atoms with Crippen molar-refractivity contribution < 1.29 is 19.4 Å². The highest BCUT2D eigenvalue weighted by atomic mass is 16.5. The van der Waals surface area contributed by atoms with Crippen molar-refractivity contribution in [2.75, 3.05) is 32.8 Å². The molecular weight excluding hydrogens is 224 g/mol. The van der Waals surface area contributed by atoms with Crippen LogP contribution in [0.1, 0.15) is 19.8 Å². The smallest absolute Gasteiger partial charge is 0.305 e. The van der Waals surface area contributed by atoms with Gasteiger partial charge in [-0.1, -0.05) is 0 Å². The Labute approximate surface area is 101 Å². The highest BCUT2D eigenvalue weighted by Crippen LogP contribution is 2.05. The number of carboxylic acid groups (broad SMARTS) is 1. The van der Waals surface area contributed by atoms with Crippen molar-refractivity contribution in [2.45, 2.75) is 25.9 Å². The summed E-state index contributed by atoms with van der Waals surface area (Å²) >= 11 is 0. The van der Waals surface area contributed by atoms with Crippen molar-refractivity contribution in [1.29, 1.82) is 0 Å². The fourth-order valence-corrected chi connectivity index (χ4v) is 1.76. The van der Waals surface area contributed by atoms with Crippen LogP contribution < -0.4 is 5.32 Å². The van der Waals surface area contributed by atoms with E-state index in [4.69, 9.17) is 9.84 Å². The molecule has 1 heterocycles. The molecule has 98 valence electrons. The van der Waals surface area contributed by atoms with Gasteiger partial charge in [-0.2, -0.15) is 0 Å². The molecule has 0 aromatic carbocycles. The molecule has 0 aromatic heterocycles. The maximum Gasteiger partial charge on any atom is 0.305 e. The molecular formula is C11H20N2O4. The molecule has 0 radical (unpaired) electrons. The fraction of sp³-hybridized carbons (Fsp3) is 0.818. The van der Waals surface area contributed by atoms with E-state index in [0.29, 0.717) is 26.1 Å². The van der Waals surface area contributed by atoms with Crippen LogP contribution in [0.25, 0.3) is 0 Å². The molecule has 0 bridgehead atoms. The molecule has 1 atom stereocenters. The Morgan fingerprint density at radius 2 is 2.29 bits per heavy atom. The molecule has 17 heavy (non-hydrogen) atoms. The van der Waals surface area contributed by atoms with Gasteiger partial charge in [-0.25, -0.2) is 0 Å². The van der Waals surface area contributed by atoms with Gasteiger partial charge in [-0.05, 0) is 6.92 Å². The van der Waals surface area contributed by atoms with Gasteiger partial charge in [0.2, 0.25) is 5.91 Å². The minimum absolute atomic E-state index is 0.0106. The van der Waals surface area contributed by atoms with E-state index in [2.05, 4.69) is 5.32 Å². The third-order valence-electron chi connectivity index (χ3n) is 2.74. The van der Waals surface area contributed by atoms with Gasteiger partial charge in [0.05, 0.1) is 25.6 Å². The Morgan fingerprint density at radius 1 is 1.53 bits per heavy atom. The number of ether oxygens (including phenoxy) is 1. The predicted molar refractivity (Wildman–Crippen MR) is 61.7 cm³/mol. The maximum absolute atomic E-state index is 11.9. The van der Waals surface area contributed by atoms with E-state index in [-0.39, 0.29) is 25.0 Å². The molecule has 0 aromatic rings. The lowest BCUT2D eigenvalue weighted by Gasteiger charge is -2.26. The van der Waals surface area contributed by atoms with Crippen LogP contribution in [0.3, 0.4) is 0 Å². The minimum atomic E-state index is -0.883. The SMILES string of the molecule is CCN(CCC(=O)O)C(=O)CC1CNCCO1. The van der Waals surface area contributed by atoms with E-state index in [1.807, 2.05) is 6.92 Å². The fourth-order valence-electron chi connectivity index (χ4n) is 1.76. The molecule has 6 nitrogen and oxygen atoms in total. The van der Waals surface area contributed by atoms with Gasteiger partial charge < -0.3 is 20.1 Å². The van der Waals surface area contributed by atoms with Crippen LogP contribution in [0.2, 0.25) is 0 Å². The summed E-state index contributed by atoms with van der Waals surface area (Å²) < 4.78 is 5.44. The number of nitrogens with zero attached hydrogens (tertiary/aromatic N) is 1. The van der Waals surface area contributed by atoms with Crippen LogP contribution in [0.15, 0.2) is 0 Å². The lowest BCUT2D eigenvalue weighted by Crippen LogP contribution is -2.42. The van der Waals surface area contributed by atoms with Gasteiger partial charge in [-0.15, -0.1) is 0 Å². The average Bonchev–Trinajstić information content (AvgIpc) is 2.30. The number of carboxylic acids is 1. The third-order valence-corrected chi connectivity index (χ3v) is 2.74. The minimum Gasteiger partial charge on any atom is -0.481 e. The molecule has 1 unspecified atom stereocenters. The molecule has 6 heteroatoms. The highest BCUT2D eigenvalue weighted by Gasteiger charge is 2.20. The number of amides is 1. The van der Waals surface area contributed by atoms with Crippen molar-refractivity contribution in [3.63, 3.8) is 0 Å². The van der Waals surface area contributed by atoms with E-state index < -0.39 is 5.97 Å². The number of rotatable bonds is 6. The quantitative estimate of drug-likeness (QED) is 0.670. The standard InChI is InChI=1S/C11H20N2O4/c1-2-13(5-3-11(15)16)10(14)7-9-8-12-4-6-17-9/h9,12H,2-8H2,1H3,(H,15,16). The zero-order valence-electron chi connectivity index (χ0n) is 10.1. The second-order valence-corrected chi connectivity index (χ2v) is 4.02. The largest absolute Gasteiger partial charge is 0.481 e. The molecule has 1 fully saturated rings. The van der Waals surface area contributed by atoms with Gasteiger partial charge in [0.15, 0.2) is 0 Å². The normalized spacial score (nSPS) is 19.9. The predicted octanol–water partition coefficient (Wildman–Crippen LogP) is -0.312. The highest BCUT2D eigenvalue weighted by molar-refractivity contribution is 5.77. The molecule has 1 amide bonds. The first-order valence-corrected chi connectivity index (χ1v) is 5.95. The zero-order valence-corrected chi connectivity index (χ0v) is 10.1. The van der Waals surface area contributed by atoms with E-state index in [0.717, 1.165) is 6.54 Å². The van der Waals surface area contributed by atoms with Crippen LogP contribution >= 0.6 is 0 Å². The molecule has 1 aliphatic rings.